The Morgan fingerprint density at radius 2 is 2.00 bits per heavy atom. The fraction of sp³-hybridized carbons (Fsp3) is 0.211. The van der Waals surface area contributed by atoms with Crippen LogP contribution in [0.4, 0.5) is 5.69 Å². The summed E-state index contributed by atoms with van der Waals surface area (Å²) in [4.78, 5) is 18.1. The molecule has 0 aliphatic rings. The maximum absolute atomic E-state index is 13.1. The summed E-state index contributed by atoms with van der Waals surface area (Å²) in [5, 5.41) is 2.03. The molecule has 0 aliphatic carbocycles. The SMILES string of the molecule is CN(C)c1cccc(C(=O)N(Cc2ccoc2)Cc2cccs2)c1. The fourth-order valence-corrected chi connectivity index (χ4v) is 3.21. The summed E-state index contributed by atoms with van der Waals surface area (Å²) < 4.78 is 5.14. The summed E-state index contributed by atoms with van der Waals surface area (Å²) in [7, 11) is 3.94. The van der Waals surface area contributed by atoms with Crippen LogP contribution in [-0.2, 0) is 13.1 Å². The van der Waals surface area contributed by atoms with Crippen LogP contribution in [-0.4, -0.2) is 24.9 Å². The van der Waals surface area contributed by atoms with Crippen molar-refractivity contribution < 1.29 is 9.21 Å². The first kappa shape index (κ1) is 16.3. The molecule has 5 heteroatoms. The molecule has 0 fully saturated rings. The summed E-state index contributed by atoms with van der Waals surface area (Å²) in [6, 6.07) is 13.7. The highest BCUT2D eigenvalue weighted by Gasteiger charge is 2.18. The van der Waals surface area contributed by atoms with E-state index in [2.05, 4.69) is 6.07 Å². The zero-order valence-corrected chi connectivity index (χ0v) is 14.6. The Balaban J connectivity index is 1.86. The van der Waals surface area contributed by atoms with Crippen LogP contribution in [0.25, 0.3) is 0 Å². The number of carbonyl (C=O) groups excluding carboxylic acids is 1. The quantitative estimate of drug-likeness (QED) is 0.673. The molecule has 24 heavy (non-hydrogen) atoms. The third-order valence-electron chi connectivity index (χ3n) is 3.78. The Kier molecular flexibility index (Phi) is 5.01. The number of hydrogen-bond acceptors (Lipinski definition) is 4. The zero-order valence-electron chi connectivity index (χ0n) is 13.8. The number of furan rings is 1. The van der Waals surface area contributed by atoms with Crippen molar-refractivity contribution in [3.63, 3.8) is 0 Å². The summed E-state index contributed by atoms with van der Waals surface area (Å²) in [6.45, 7) is 1.12. The van der Waals surface area contributed by atoms with E-state index in [4.69, 9.17) is 4.42 Å². The number of anilines is 1. The van der Waals surface area contributed by atoms with Crippen molar-refractivity contribution in [2.45, 2.75) is 13.1 Å². The van der Waals surface area contributed by atoms with Crippen LogP contribution in [0.5, 0.6) is 0 Å². The third-order valence-corrected chi connectivity index (χ3v) is 4.64. The lowest BCUT2D eigenvalue weighted by molar-refractivity contribution is 0.0731. The van der Waals surface area contributed by atoms with Gasteiger partial charge in [-0.3, -0.25) is 4.79 Å². The molecule has 1 aromatic carbocycles. The molecule has 0 saturated carbocycles. The number of amides is 1. The molecule has 3 rings (SSSR count). The van der Waals surface area contributed by atoms with E-state index in [0.29, 0.717) is 18.7 Å². The van der Waals surface area contributed by atoms with E-state index >= 15 is 0 Å². The molecule has 4 nitrogen and oxygen atoms in total. The molecule has 0 saturated heterocycles. The third kappa shape index (κ3) is 3.86. The maximum Gasteiger partial charge on any atom is 0.254 e. The van der Waals surface area contributed by atoms with Crippen LogP contribution in [0.15, 0.2) is 64.8 Å². The molecular weight excluding hydrogens is 320 g/mol. The smallest absolute Gasteiger partial charge is 0.254 e. The molecule has 3 aromatic rings. The summed E-state index contributed by atoms with van der Waals surface area (Å²) in [6.07, 6.45) is 3.32. The predicted octanol–water partition coefficient (Wildman–Crippen LogP) is 4.25. The van der Waals surface area contributed by atoms with Gasteiger partial charge in [-0.05, 0) is 35.7 Å². The second-order valence-corrected chi connectivity index (χ2v) is 6.85. The first-order valence-electron chi connectivity index (χ1n) is 7.73. The Labute approximate surface area is 145 Å². The average Bonchev–Trinajstić information content (AvgIpc) is 3.27. The number of carbonyl (C=O) groups is 1. The first-order valence-corrected chi connectivity index (χ1v) is 8.61. The van der Waals surface area contributed by atoms with E-state index in [1.165, 1.54) is 0 Å². The Morgan fingerprint density at radius 1 is 1.12 bits per heavy atom. The van der Waals surface area contributed by atoms with Gasteiger partial charge in [0.05, 0.1) is 19.1 Å². The van der Waals surface area contributed by atoms with E-state index in [-0.39, 0.29) is 5.91 Å². The van der Waals surface area contributed by atoms with Gasteiger partial charge in [0, 0.05) is 42.3 Å². The highest BCUT2D eigenvalue weighted by molar-refractivity contribution is 7.09. The van der Waals surface area contributed by atoms with Crippen molar-refractivity contribution in [1.82, 2.24) is 4.90 Å². The predicted molar refractivity (Wildman–Crippen MR) is 97.4 cm³/mol. The van der Waals surface area contributed by atoms with Crippen LogP contribution in [0.1, 0.15) is 20.8 Å². The van der Waals surface area contributed by atoms with E-state index < -0.39 is 0 Å². The first-order chi connectivity index (χ1) is 11.6. The van der Waals surface area contributed by atoms with Crippen LogP contribution in [0.2, 0.25) is 0 Å². The topological polar surface area (TPSA) is 36.7 Å². The number of benzene rings is 1. The molecule has 0 bridgehead atoms. The van der Waals surface area contributed by atoms with Crippen LogP contribution in [0, 0.1) is 0 Å². The number of hydrogen-bond donors (Lipinski definition) is 0. The molecular formula is C19H20N2O2S. The average molecular weight is 340 g/mol. The highest BCUT2D eigenvalue weighted by Crippen LogP contribution is 2.20. The number of nitrogens with zero attached hydrogens (tertiary/aromatic N) is 2. The lowest BCUT2D eigenvalue weighted by atomic mass is 10.1. The monoisotopic (exact) mass is 340 g/mol. The summed E-state index contributed by atoms with van der Waals surface area (Å²) in [5.74, 6) is 0.0216. The van der Waals surface area contributed by atoms with Gasteiger partial charge in [-0.1, -0.05) is 12.1 Å². The number of rotatable bonds is 6. The molecule has 1 amide bonds. The van der Waals surface area contributed by atoms with Gasteiger partial charge in [0.25, 0.3) is 5.91 Å². The van der Waals surface area contributed by atoms with Gasteiger partial charge >= 0.3 is 0 Å². The number of thiophene rings is 1. The van der Waals surface area contributed by atoms with Crippen molar-refractivity contribution in [1.29, 1.82) is 0 Å². The van der Waals surface area contributed by atoms with Crippen molar-refractivity contribution in [2.24, 2.45) is 0 Å². The summed E-state index contributed by atoms with van der Waals surface area (Å²) in [5.41, 5.74) is 2.70. The minimum atomic E-state index is 0.0216. The molecule has 0 aliphatic heterocycles. The summed E-state index contributed by atoms with van der Waals surface area (Å²) >= 11 is 1.66. The maximum atomic E-state index is 13.1. The largest absolute Gasteiger partial charge is 0.472 e. The van der Waals surface area contributed by atoms with Gasteiger partial charge in [0.2, 0.25) is 0 Å². The van der Waals surface area contributed by atoms with Crippen molar-refractivity contribution in [3.8, 4) is 0 Å². The van der Waals surface area contributed by atoms with Gasteiger partial charge in [0.15, 0.2) is 0 Å². The molecule has 0 unspecified atom stereocenters. The van der Waals surface area contributed by atoms with Crippen LogP contribution < -0.4 is 4.90 Å². The molecule has 0 atom stereocenters. The van der Waals surface area contributed by atoms with Crippen molar-refractivity contribution in [2.75, 3.05) is 19.0 Å². The zero-order chi connectivity index (χ0) is 16.9. The molecule has 0 N–H and O–H groups in total. The van der Waals surface area contributed by atoms with E-state index in [9.17, 15) is 4.79 Å². The standard InChI is InChI=1S/C19H20N2O2S/c1-20(2)17-6-3-5-16(11-17)19(22)21(12-15-8-9-23-14-15)13-18-7-4-10-24-18/h3-11,14H,12-13H2,1-2H3. The van der Waals surface area contributed by atoms with E-state index in [0.717, 1.165) is 16.1 Å². The molecule has 0 spiro atoms. The van der Waals surface area contributed by atoms with Gasteiger partial charge < -0.3 is 14.2 Å². The van der Waals surface area contributed by atoms with Gasteiger partial charge in [-0.15, -0.1) is 11.3 Å². The lowest BCUT2D eigenvalue weighted by Gasteiger charge is -2.22. The second-order valence-electron chi connectivity index (χ2n) is 5.82. The van der Waals surface area contributed by atoms with Crippen LogP contribution >= 0.6 is 11.3 Å². The molecule has 2 aromatic heterocycles. The van der Waals surface area contributed by atoms with Crippen molar-refractivity contribution in [3.05, 3.63) is 76.4 Å². The van der Waals surface area contributed by atoms with Gasteiger partial charge in [-0.2, -0.15) is 0 Å². The second kappa shape index (κ2) is 7.36. The fourth-order valence-electron chi connectivity index (χ4n) is 2.49. The molecule has 0 radical (unpaired) electrons. The van der Waals surface area contributed by atoms with Crippen molar-refractivity contribution >= 4 is 22.9 Å². The van der Waals surface area contributed by atoms with E-state index in [1.807, 2.05) is 65.7 Å². The minimum Gasteiger partial charge on any atom is -0.472 e. The molecule has 124 valence electrons. The Morgan fingerprint density at radius 3 is 2.67 bits per heavy atom. The van der Waals surface area contributed by atoms with Gasteiger partial charge in [-0.25, -0.2) is 0 Å². The van der Waals surface area contributed by atoms with E-state index in [1.54, 1.807) is 23.9 Å². The highest BCUT2D eigenvalue weighted by atomic mass is 32.1. The Hall–Kier alpha value is -2.53. The molecule has 2 heterocycles. The normalized spacial score (nSPS) is 10.6. The van der Waals surface area contributed by atoms with Gasteiger partial charge in [0.1, 0.15) is 0 Å². The Bertz CT molecular complexity index is 743. The van der Waals surface area contributed by atoms with Crippen LogP contribution in [0.3, 0.4) is 0 Å². The lowest BCUT2D eigenvalue weighted by Crippen LogP contribution is -2.29. The minimum absolute atomic E-state index is 0.0216.